The number of nitrogens with zero attached hydrogens (tertiary/aromatic N) is 2. The van der Waals surface area contributed by atoms with Gasteiger partial charge in [0.05, 0.1) is 23.4 Å². The van der Waals surface area contributed by atoms with Crippen LogP contribution < -0.4 is 5.32 Å². The molecule has 146 valence electrons. The van der Waals surface area contributed by atoms with Crippen molar-refractivity contribution in [3.8, 4) is 0 Å². The first-order valence-electron chi connectivity index (χ1n) is 10.1. The van der Waals surface area contributed by atoms with Crippen LogP contribution in [0.25, 0.3) is 10.9 Å². The van der Waals surface area contributed by atoms with E-state index >= 15 is 0 Å². The molecule has 1 aliphatic rings. The molecule has 1 saturated heterocycles. The molecule has 1 fully saturated rings. The Kier molecular flexibility index (Phi) is 5.44. The molecule has 0 unspecified atom stereocenters. The lowest BCUT2D eigenvalue weighted by Gasteiger charge is -2.26. The molecule has 0 bridgehead atoms. The van der Waals surface area contributed by atoms with Crippen LogP contribution in [0.4, 0.5) is 0 Å². The Hall–Kier alpha value is -2.66. The fraction of sp³-hybridized carbons (Fsp3) is 0.391. The number of carbonyl (C=O) groups is 1. The first kappa shape index (κ1) is 18.7. The molecule has 1 atom stereocenters. The predicted molar refractivity (Wildman–Crippen MR) is 110 cm³/mol. The van der Waals surface area contributed by atoms with Crippen LogP contribution in [0.2, 0.25) is 0 Å². The number of furan rings is 1. The first-order valence-corrected chi connectivity index (χ1v) is 10.1. The van der Waals surface area contributed by atoms with Gasteiger partial charge in [0.25, 0.3) is 5.91 Å². The lowest BCUT2D eigenvalue weighted by molar-refractivity contribution is 0.0935. The van der Waals surface area contributed by atoms with Gasteiger partial charge >= 0.3 is 0 Å². The molecular formula is C23H27N3O2. The van der Waals surface area contributed by atoms with Crippen molar-refractivity contribution in [2.24, 2.45) is 0 Å². The Balaban J connectivity index is 1.59. The number of likely N-dealkylation sites (tertiary alicyclic amines) is 1. The smallest absolute Gasteiger partial charge is 0.252 e. The molecule has 0 aliphatic carbocycles. The molecule has 5 heteroatoms. The number of fused-ring (bicyclic) bond motifs is 1. The van der Waals surface area contributed by atoms with Gasteiger partial charge in [-0.25, -0.2) is 0 Å². The molecule has 1 amide bonds. The lowest BCUT2D eigenvalue weighted by Crippen LogP contribution is -2.36. The average molecular weight is 377 g/mol. The third-order valence-corrected chi connectivity index (χ3v) is 5.48. The van der Waals surface area contributed by atoms with E-state index < -0.39 is 0 Å². The second-order valence-electron chi connectivity index (χ2n) is 7.75. The van der Waals surface area contributed by atoms with Crippen molar-refractivity contribution >= 4 is 16.8 Å². The molecule has 28 heavy (non-hydrogen) atoms. The Morgan fingerprint density at radius 2 is 1.96 bits per heavy atom. The Morgan fingerprint density at radius 1 is 1.18 bits per heavy atom. The number of aromatic nitrogens is 1. The number of hydrogen-bond acceptors (Lipinski definition) is 4. The van der Waals surface area contributed by atoms with Gasteiger partial charge in [0, 0.05) is 17.6 Å². The SMILES string of the molecule is CC(C)c1cc(C(=O)NC[C@@H](c2ccco2)N2CCCC2)c2ccccc2n1. The zero-order chi connectivity index (χ0) is 19.5. The van der Waals surface area contributed by atoms with Gasteiger partial charge in [0.2, 0.25) is 0 Å². The topological polar surface area (TPSA) is 58.4 Å². The highest BCUT2D eigenvalue weighted by Gasteiger charge is 2.26. The first-order chi connectivity index (χ1) is 13.6. The maximum Gasteiger partial charge on any atom is 0.252 e. The largest absolute Gasteiger partial charge is 0.468 e. The van der Waals surface area contributed by atoms with Crippen LogP contribution in [0, 0.1) is 0 Å². The van der Waals surface area contributed by atoms with Gasteiger partial charge in [0.15, 0.2) is 0 Å². The minimum atomic E-state index is -0.0590. The standard InChI is InChI=1S/C23H27N3O2/c1-16(2)20-14-18(17-8-3-4-9-19(17)25-20)23(27)24-15-21(22-10-7-13-28-22)26-11-5-6-12-26/h3-4,7-10,13-14,16,21H,5-6,11-12,15H2,1-2H3,(H,24,27)/t21-/m0/s1. The molecule has 3 aromatic rings. The number of rotatable bonds is 6. The van der Waals surface area contributed by atoms with Gasteiger partial charge in [0.1, 0.15) is 5.76 Å². The molecule has 0 saturated carbocycles. The highest BCUT2D eigenvalue weighted by Crippen LogP contribution is 2.26. The molecule has 3 heterocycles. The summed E-state index contributed by atoms with van der Waals surface area (Å²) in [5.41, 5.74) is 2.49. The third kappa shape index (κ3) is 3.80. The van der Waals surface area contributed by atoms with E-state index in [4.69, 9.17) is 9.40 Å². The van der Waals surface area contributed by atoms with Crippen LogP contribution in [0.5, 0.6) is 0 Å². The summed E-state index contributed by atoms with van der Waals surface area (Å²) < 4.78 is 5.66. The van der Waals surface area contributed by atoms with E-state index in [2.05, 4.69) is 24.1 Å². The third-order valence-electron chi connectivity index (χ3n) is 5.48. The number of benzene rings is 1. The summed E-state index contributed by atoms with van der Waals surface area (Å²) in [6, 6.07) is 13.7. The lowest BCUT2D eigenvalue weighted by atomic mass is 10.0. The van der Waals surface area contributed by atoms with Gasteiger partial charge in [-0.15, -0.1) is 0 Å². The monoisotopic (exact) mass is 377 g/mol. The number of amides is 1. The summed E-state index contributed by atoms with van der Waals surface area (Å²) in [6.45, 7) is 6.80. The van der Waals surface area contributed by atoms with Crippen LogP contribution in [0.1, 0.15) is 60.5 Å². The number of carbonyl (C=O) groups excluding carboxylic acids is 1. The minimum Gasteiger partial charge on any atom is -0.468 e. The van der Waals surface area contributed by atoms with E-state index in [-0.39, 0.29) is 17.9 Å². The minimum absolute atomic E-state index is 0.0590. The summed E-state index contributed by atoms with van der Waals surface area (Å²) in [5.74, 6) is 1.11. The van der Waals surface area contributed by atoms with Crippen LogP contribution in [-0.4, -0.2) is 35.4 Å². The summed E-state index contributed by atoms with van der Waals surface area (Å²) in [4.78, 5) is 20.2. The maximum atomic E-state index is 13.1. The molecule has 1 aliphatic heterocycles. The Labute approximate surface area is 165 Å². The second-order valence-corrected chi connectivity index (χ2v) is 7.75. The fourth-order valence-electron chi connectivity index (χ4n) is 3.91. The quantitative estimate of drug-likeness (QED) is 0.686. The van der Waals surface area contributed by atoms with Crippen LogP contribution >= 0.6 is 0 Å². The molecule has 5 nitrogen and oxygen atoms in total. The van der Waals surface area contributed by atoms with Crippen LogP contribution in [0.15, 0.2) is 53.1 Å². The summed E-state index contributed by atoms with van der Waals surface area (Å²) in [5, 5.41) is 4.04. The highest BCUT2D eigenvalue weighted by molar-refractivity contribution is 6.06. The highest BCUT2D eigenvalue weighted by atomic mass is 16.3. The number of para-hydroxylation sites is 1. The van der Waals surface area contributed by atoms with E-state index in [0.29, 0.717) is 12.1 Å². The van der Waals surface area contributed by atoms with Gasteiger partial charge < -0.3 is 9.73 Å². The van der Waals surface area contributed by atoms with Crippen molar-refractivity contribution in [3.63, 3.8) is 0 Å². The number of nitrogens with one attached hydrogen (secondary N) is 1. The molecule has 0 spiro atoms. The predicted octanol–water partition coefficient (Wildman–Crippen LogP) is 4.52. The van der Waals surface area contributed by atoms with E-state index in [1.165, 1.54) is 12.8 Å². The number of hydrogen-bond donors (Lipinski definition) is 1. The van der Waals surface area contributed by atoms with E-state index in [0.717, 1.165) is 35.4 Å². The Morgan fingerprint density at radius 3 is 2.68 bits per heavy atom. The molecular weight excluding hydrogens is 350 g/mol. The molecule has 0 radical (unpaired) electrons. The summed E-state index contributed by atoms with van der Waals surface area (Å²) in [6.07, 6.45) is 4.08. The molecule has 4 rings (SSSR count). The summed E-state index contributed by atoms with van der Waals surface area (Å²) in [7, 11) is 0. The van der Waals surface area contributed by atoms with Gasteiger partial charge in [-0.1, -0.05) is 32.0 Å². The average Bonchev–Trinajstić information content (AvgIpc) is 3.42. The molecule has 1 aromatic carbocycles. The zero-order valence-electron chi connectivity index (χ0n) is 16.5. The van der Waals surface area contributed by atoms with E-state index in [1.807, 2.05) is 42.5 Å². The molecule has 2 aromatic heterocycles. The fourth-order valence-corrected chi connectivity index (χ4v) is 3.91. The normalized spacial score (nSPS) is 16.0. The zero-order valence-corrected chi connectivity index (χ0v) is 16.5. The van der Waals surface area contributed by atoms with Crippen LogP contribution in [0.3, 0.4) is 0 Å². The van der Waals surface area contributed by atoms with Gasteiger partial charge in [-0.3, -0.25) is 14.7 Å². The van der Waals surface area contributed by atoms with E-state index in [1.54, 1.807) is 6.26 Å². The van der Waals surface area contributed by atoms with Crippen molar-refractivity contribution in [1.29, 1.82) is 0 Å². The van der Waals surface area contributed by atoms with Crippen molar-refractivity contribution < 1.29 is 9.21 Å². The van der Waals surface area contributed by atoms with Crippen LogP contribution in [-0.2, 0) is 0 Å². The van der Waals surface area contributed by atoms with Crippen molar-refractivity contribution in [2.45, 2.75) is 38.6 Å². The summed E-state index contributed by atoms with van der Waals surface area (Å²) >= 11 is 0. The number of pyridine rings is 1. The van der Waals surface area contributed by atoms with E-state index in [9.17, 15) is 4.79 Å². The van der Waals surface area contributed by atoms with Crippen molar-refractivity contribution in [2.75, 3.05) is 19.6 Å². The second kappa shape index (κ2) is 8.15. The molecule has 1 N–H and O–H groups in total. The van der Waals surface area contributed by atoms with Gasteiger partial charge in [-0.05, 0) is 56.1 Å². The Bertz CT molecular complexity index is 944. The van der Waals surface area contributed by atoms with Crippen molar-refractivity contribution in [1.82, 2.24) is 15.2 Å². The maximum absolute atomic E-state index is 13.1. The van der Waals surface area contributed by atoms with Crippen molar-refractivity contribution in [3.05, 3.63) is 65.7 Å². The van der Waals surface area contributed by atoms with Gasteiger partial charge in [-0.2, -0.15) is 0 Å².